The van der Waals surface area contributed by atoms with Crippen LogP contribution in [0.5, 0.6) is 0 Å². The molecule has 1 N–H and O–H groups in total. The minimum atomic E-state index is -0.166. The largest absolute Gasteiger partial charge is 0.381 e. The Hall–Kier alpha value is -0.450. The molecule has 0 spiro atoms. The summed E-state index contributed by atoms with van der Waals surface area (Å²) in [5, 5.41) is 3.19. The monoisotopic (exact) mass is 287 g/mol. The van der Waals surface area contributed by atoms with Crippen LogP contribution in [0.2, 0.25) is 0 Å². The molecule has 2 atom stereocenters. The van der Waals surface area contributed by atoms with Crippen molar-refractivity contribution in [2.45, 2.75) is 12.5 Å². The number of hydrogen-bond donors (Lipinski definition) is 1. The summed E-state index contributed by atoms with van der Waals surface area (Å²) in [5.41, 5.74) is 0.723. The topological polar surface area (TPSA) is 21.3 Å². The number of ether oxygens (including phenoxy) is 1. The second-order valence-electron chi connectivity index (χ2n) is 4.06. The van der Waals surface area contributed by atoms with Crippen molar-refractivity contribution in [3.05, 3.63) is 34.1 Å². The first-order chi connectivity index (χ1) is 7.72. The van der Waals surface area contributed by atoms with E-state index in [1.54, 1.807) is 0 Å². The minimum absolute atomic E-state index is 0.0376. The predicted octanol–water partition coefficient (Wildman–Crippen LogP) is 2.89. The Bertz CT molecular complexity index is 366. The fraction of sp³-hybridized carbons (Fsp3) is 0.500. The van der Waals surface area contributed by atoms with Crippen molar-refractivity contribution in [1.29, 1.82) is 0 Å². The van der Waals surface area contributed by atoms with E-state index < -0.39 is 0 Å². The molecular formula is C12H15BrFNO. The third-order valence-corrected chi connectivity index (χ3v) is 3.54. The maximum absolute atomic E-state index is 13.8. The summed E-state index contributed by atoms with van der Waals surface area (Å²) >= 11 is 3.27. The van der Waals surface area contributed by atoms with Crippen molar-refractivity contribution < 1.29 is 9.13 Å². The highest BCUT2D eigenvalue weighted by molar-refractivity contribution is 9.10. The van der Waals surface area contributed by atoms with Gasteiger partial charge in [-0.05, 0) is 25.6 Å². The first-order valence-electron chi connectivity index (χ1n) is 5.42. The van der Waals surface area contributed by atoms with E-state index in [1.165, 1.54) is 6.07 Å². The molecule has 1 aliphatic rings. The number of benzene rings is 1. The molecule has 88 valence electrons. The van der Waals surface area contributed by atoms with E-state index in [-0.39, 0.29) is 11.9 Å². The van der Waals surface area contributed by atoms with Crippen LogP contribution in [0.4, 0.5) is 4.39 Å². The van der Waals surface area contributed by atoms with Gasteiger partial charge in [0.25, 0.3) is 0 Å². The zero-order valence-corrected chi connectivity index (χ0v) is 10.8. The Labute approximate surface area is 103 Å². The predicted molar refractivity (Wildman–Crippen MR) is 64.8 cm³/mol. The maximum atomic E-state index is 13.8. The van der Waals surface area contributed by atoms with Gasteiger partial charge in [-0.25, -0.2) is 4.39 Å². The molecule has 2 rings (SSSR count). The lowest BCUT2D eigenvalue weighted by Crippen LogP contribution is -2.26. The molecule has 0 aromatic heterocycles. The molecule has 0 radical (unpaired) electrons. The van der Waals surface area contributed by atoms with Crippen molar-refractivity contribution in [3.63, 3.8) is 0 Å². The third-order valence-electron chi connectivity index (χ3n) is 3.04. The Balaban J connectivity index is 2.25. The summed E-state index contributed by atoms with van der Waals surface area (Å²) < 4.78 is 20.0. The molecule has 1 fully saturated rings. The zero-order chi connectivity index (χ0) is 11.5. The fourth-order valence-corrected chi connectivity index (χ4v) is 2.55. The van der Waals surface area contributed by atoms with Gasteiger partial charge in [-0.1, -0.05) is 22.0 Å². The van der Waals surface area contributed by atoms with Crippen molar-refractivity contribution in [1.82, 2.24) is 5.32 Å². The second kappa shape index (κ2) is 5.25. The molecule has 0 amide bonds. The lowest BCUT2D eigenvalue weighted by molar-refractivity contribution is 0.177. The zero-order valence-electron chi connectivity index (χ0n) is 9.17. The smallest absolute Gasteiger partial charge is 0.129 e. The summed E-state index contributed by atoms with van der Waals surface area (Å²) in [6.07, 6.45) is 0.987. The lowest BCUT2D eigenvalue weighted by Gasteiger charge is -2.22. The molecular weight excluding hydrogens is 273 g/mol. The number of rotatable bonds is 3. The molecule has 16 heavy (non-hydrogen) atoms. The molecule has 1 saturated heterocycles. The highest BCUT2D eigenvalue weighted by atomic mass is 79.9. The van der Waals surface area contributed by atoms with Crippen LogP contribution in [0.25, 0.3) is 0 Å². The Morgan fingerprint density at radius 2 is 2.38 bits per heavy atom. The van der Waals surface area contributed by atoms with E-state index in [2.05, 4.69) is 21.2 Å². The van der Waals surface area contributed by atoms with Gasteiger partial charge in [0.2, 0.25) is 0 Å². The van der Waals surface area contributed by atoms with Gasteiger partial charge in [0, 0.05) is 28.6 Å². The molecule has 2 nitrogen and oxygen atoms in total. The maximum Gasteiger partial charge on any atom is 0.129 e. The van der Waals surface area contributed by atoms with E-state index in [1.807, 2.05) is 19.2 Å². The van der Waals surface area contributed by atoms with Crippen LogP contribution >= 0.6 is 15.9 Å². The van der Waals surface area contributed by atoms with Gasteiger partial charge in [-0.3, -0.25) is 0 Å². The average molecular weight is 288 g/mol. The molecule has 1 heterocycles. The second-order valence-corrected chi connectivity index (χ2v) is 4.97. The van der Waals surface area contributed by atoms with Gasteiger partial charge < -0.3 is 10.1 Å². The summed E-state index contributed by atoms with van der Waals surface area (Å²) in [4.78, 5) is 0. The third kappa shape index (κ3) is 2.44. The van der Waals surface area contributed by atoms with Gasteiger partial charge in [0.15, 0.2) is 0 Å². The average Bonchev–Trinajstić information content (AvgIpc) is 2.75. The fourth-order valence-electron chi connectivity index (χ4n) is 2.21. The van der Waals surface area contributed by atoms with Crippen molar-refractivity contribution in [2.24, 2.45) is 5.92 Å². The van der Waals surface area contributed by atoms with E-state index >= 15 is 0 Å². The highest BCUT2D eigenvalue weighted by Gasteiger charge is 2.27. The minimum Gasteiger partial charge on any atom is -0.381 e. The van der Waals surface area contributed by atoms with Gasteiger partial charge in [0.1, 0.15) is 5.82 Å². The number of halogens is 2. The molecule has 2 unspecified atom stereocenters. The van der Waals surface area contributed by atoms with E-state index in [4.69, 9.17) is 4.74 Å². The summed E-state index contributed by atoms with van der Waals surface area (Å²) in [7, 11) is 1.87. The number of hydrogen-bond acceptors (Lipinski definition) is 2. The van der Waals surface area contributed by atoms with Gasteiger partial charge in [0.05, 0.1) is 6.61 Å². The van der Waals surface area contributed by atoms with E-state index in [0.717, 1.165) is 23.1 Å². The van der Waals surface area contributed by atoms with Gasteiger partial charge >= 0.3 is 0 Å². The van der Waals surface area contributed by atoms with Crippen LogP contribution in [0, 0.1) is 11.7 Å². The highest BCUT2D eigenvalue weighted by Crippen LogP contribution is 2.31. The van der Waals surface area contributed by atoms with Crippen LogP contribution in [0.3, 0.4) is 0 Å². The first-order valence-corrected chi connectivity index (χ1v) is 6.21. The molecule has 0 saturated carbocycles. The van der Waals surface area contributed by atoms with Crippen LogP contribution < -0.4 is 5.32 Å². The summed E-state index contributed by atoms with van der Waals surface area (Å²) in [5.74, 6) is 0.196. The Kier molecular flexibility index (Phi) is 3.95. The van der Waals surface area contributed by atoms with E-state index in [0.29, 0.717) is 12.5 Å². The first kappa shape index (κ1) is 12.0. The summed E-state index contributed by atoms with van der Waals surface area (Å²) in [6.45, 7) is 1.49. The molecule has 1 aromatic rings. The van der Waals surface area contributed by atoms with Crippen molar-refractivity contribution in [3.8, 4) is 0 Å². The van der Waals surface area contributed by atoms with Crippen molar-refractivity contribution >= 4 is 15.9 Å². The van der Waals surface area contributed by atoms with Crippen LogP contribution in [0.15, 0.2) is 22.7 Å². The quantitative estimate of drug-likeness (QED) is 0.923. The summed E-state index contributed by atoms with van der Waals surface area (Å²) in [6, 6.07) is 5.25. The standard InChI is InChI=1S/C12H15BrFNO/c1-15-12(8-4-5-16-7-8)10-3-2-9(13)6-11(10)14/h2-3,6,8,12,15H,4-5,7H2,1H3. The lowest BCUT2D eigenvalue weighted by atomic mass is 9.92. The van der Waals surface area contributed by atoms with Crippen molar-refractivity contribution in [2.75, 3.05) is 20.3 Å². The van der Waals surface area contributed by atoms with Gasteiger partial charge in [-0.2, -0.15) is 0 Å². The Morgan fingerprint density at radius 1 is 1.56 bits per heavy atom. The van der Waals surface area contributed by atoms with Crippen LogP contribution in [0.1, 0.15) is 18.0 Å². The number of nitrogens with one attached hydrogen (secondary N) is 1. The molecule has 0 bridgehead atoms. The molecule has 1 aromatic carbocycles. The van der Waals surface area contributed by atoms with Gasteiger partial charge in [-0.15, -0.1) is 0 Å². The molecule has 1 aliphatic heterocycles. The van der Waals surface area contributed by atoms with Crippen LogP contribution in [-0.4, -0.2) is 20.3 Å². The SMILES string of the molecule is CNC(c1ccc(Br)cc1F)C1CCOC1. The van der Waals surface area contributed by atoms with Crippen LogP contribution in [-0.2, 0) is 4.74 Å². The Morgan fingerprint density at radius 3 is 2.94 bits per heavy atom. The normalized spacial score (nSPS) is 22.3. The van der Waals surface area contributed by atoms with E-state index in [9.17, 15) is 4.39 Å². The molecule has 0 aliphatic carbocycles. The molecule has 4 heteroatoms.